The predicted octanol–water partition coefficient (Wildman–Crippen LogP) is 4.53. The second-order valence-corrected chi connectivity index (χ2v) is 6.80. The number of hydrogen-bond donors (Lipinski definition) is 0. The molecule has 6 heteroatoms. The lowest BCUT2D eigenvalue weighted by Gasteiger charge is -2.30. The van der Waals surface area contributed by atoms with E-state index < -0.39 is 0 Å². The molecule has 0 saturated heterocycles. The van der Waals surface area contributed by atoms with Crippen molar-refractivity contribution in [3.63, 3.8) is 0 Å². The molecule has 3 aromatic rings. The van der Waals surface area contributed by atoms with Gasteiger partial charge in [-0.1, -0.05) is 30.3 Å². The van der Waals surface area contributed by atoms with E-state index in [2.05, 4.69) is 9.47 Å². The van der Waals surface area contributed by atoms with E-state index in [4.69, 9.17) is 0 Å². The summed E-state index contributed by atoms with van der Waals surface area (Å²) in [6, 6.07) is 17.4. The first-order valence-corrected chi connectivity index (χ1v) is 9.00. The zero-order valence-electron chi connectivity index (χ0n) is 14.8. The number of aryl methyl sites for hydroxylation is 1. The summed E-state index contributed by atoms with van der Waals surface area (Å²) in [5.74, 6) is -0.227. The van der Waals surface area contributed by atoms with Gasteiger partial charge in [-0.25, -0.2) is 4.39 Å². The Bertz CT molecular complexity index is 969. The molecule has 0 saturated carbocycles. The Morgan fingerprint density at radius 2 is 1.93 bits per heavy atom. The van der Waals surface area contributed by atoms with Crippen molar-refractivity contribution >= 4 is 5.69 Å². The number of benzene rings is 2. The quantitative estimate of drug-likeness (QED) is 0.504. The Labute approximate surface area is 156 Å². The number of halogens is 1. The molecule has 138 valence electrons. The topological polar surface area (TPSA) is 51.3 Å². The van der Waals surface area contributed by atoms with E-state index in [1.807, 2.05) is 30.5 Å². The van der Waals surface area contributed by atoms with E-state index in [9.17, 15) is 14.5 Å². The molecule has 2 heterocycles. The lowest BCUT2D eigenvalue weighted by Crippen LogP contribution is -2.30. The van der Waals surface area contributed by atoms with Crippen molar-refractivity contribution in [2.24, 2.45) is 0 Å². The van der Waals surface area contributed by atoms with Crippen molar-refractivity contribution in [3.05, 3.63) is 99.6 Å². The Morgan fingerprint density at radius 3 is 2.74 bits per heavy atom. The highest BCUT2D eigenvalue weighted by Crippen LogP contribution is 2.34. The predicted molar refractivity (Wildman–Crippen MR) is 101 cm³/mol. The average Bonchev–Trinajstić information content (AvgIpc) is 3.05. The van der Waals surface area contributed by atoms with Crippen LogP contribution in [0.5, 0.6) is 0 Å². The van der Waals surface area contributed by atoms with E-state index in [1.54, 1.807) is 24.3 Å². The Balaban J connectivity index is 1.78. The fourth-order valence-electron chi connectivity index (χ4n) is 3.85. The summed E-state index contributed by atoms with van der Waals surface area (Å²) in [6.07, 6.45) is 2.97. The standard InChI is InChI=1S/C21H20FN3O2/c22-19-9-2-1-6-17(19)15-24-13-5-12-23-11-4-10-20(23)21(24)16-7-3-8-18(14-16)25(26)27/h1-4,6-11,14,21H,5,12-13,15H2/t21-/m1/s1. The molecule has 0 fully saturated rings. The minimum atomic E-state index is -0.375. The van der Waals surface area contributed by atoms with Gasteiger partial charge in [0, 0.05) is 49.2 Å². The van der Waals surface area contributed by atoms with Gasteiger partial charge in [-0.15, -0.1) is 0 Å². The molecule has 4 rings (SSSR count). The van der Waals surface area contributed by atoms with Crippen LogP contribution >= 0.6 is 0 Å². The normalized spacial score (nSPS) is 17.3. The molecule has 0 amide bonds. The number of hydrogen-bond acceptors (Lipinski definition) is 3. The molecular weight excluding hydrogens is 345 g/mol. The van der Waals surface area contributed by atoms with Crippen LogP contribution in [0.2, 0.25) is 0 Å². The van der Waals surface area contributed by atoms with Crippen molar-refractivity contribution in [1.29, 1.82) is 0 Å². The molecule has 5 nitrogen and oxygen atoms in total. The molecule has 2 aromatic carbocycles. The van der Waals surface area contributed by atoms with Gasteiger partial charge in [-0.3, -0.25) is 15.0 Å². The van der Waals surface area contributed by atoms with Gasteiger partial charge >= 0.3 is 0 Å². The van der Waals surface area contributed by atoms with Crippen molar-refractivity contribution in [2.75, 3.05) is 6.54 Å². The van der Waals surface area contributed by atoms with Crippen LogP contribution in [0.1, 0.15) is 29.3 Å². The van der Waals surface area contributed by atoms with Crippen LogP contribution in [0.15, 0.2) is 66.9 Å². The maximum Gasteiger partial charge on any atom is 0.269 e. The van der Waals surface area contributed by atoms with Crippen LogP contribution in [0.4, 0.5) is 10.1 Å². The molecule has 1 aliphatic rings. The molecule has 0 spiro atoms. The summed E-state index contributed by atoms with van der Waals surface area (Å²) >= 11 is 0. The van der Waals surface area contributed by atoms with E-state index in [1.165, 1.54) is 12.1 Å². The minimum Gasteiger partial charge on any atom is -0.350 e. The van der Waals surface area contributed by atoms with E-state index >= 15 is 0 Å². The third-order valence-electron chi connectivity index (χ3n) is 5.08. The average molecular weight is 365 g/mol. The Morgan fingerprint density at radius 1 is 1.07 bits per heavy atom. The van der Waals surface area contributed by atoms with Crippen LogP contribution < -0.4 is 0 Å². The largest absolute Gasteiger partial charge is 0.350 e. The van der Waals surface area contributed by atoms with Gasteiger partial charge in [0.25, 0.3) is 5.69 Å². The van der Waals surface area contributed by atoms with Crippen LogP contribution in [0.3, 0.4) is 0 Å². The summed E-state index contributed by atoms with van der Waals surface area (Å²) < 4.78 is 16.4. The zero-order valence-corrected chi connectivity index (χ0v) is 14.8. The molecule has 0 aliphatic carbocycles. The first-order valence-electron chi connectivity index (χ1n) is 9.00. The Hall–Kier alpha value is -2.99. The number of non-ortho nitro benzene ring substituents is 1. The van der Waals surface area contributed by atoms with Crippen LogP contribution in [0, 0.1) is 15.9 Å². The number of rotatable bonds is 4. The van der Waals surface area contributed by atoms with Gasteiger partial charge in [0.05, 0.1) is 11.0 Å². The van der Waals surface area contributed by atoms with Gasteiger partial charge in [0.1, 0.15) is 5.82 Å². The fourth-order valence-corrected chi connectivity index (χ4v) is 3.85. The monoisotopic (exact) mass is 365 g/mol. The molecular formula is C21H20FN3O2. The maximum atomic E-state index is 14.3. The van der Waals surface area contributed by atoms with E-state index in [-0.39, 0.29) is 22.5 Å². The molecule has 1 aromatic heterocycles. The van der Waals surface area contributed by atoms with Crippen molar-refractivity contribution in [2.45, 2.75) is 25.6 Å². The second-order valence-electron chi connectivity index (χ2n) is 6.80. The number of nitrogens with zero attached hydrogens (tertiary/aromatic N) is 3. The highest BCUT2D eigenvalue weighted by molar-refractivity contribution is 5.39. The Kier molecular flexibility index (Phi) is 4.73. The lowest BCUT2D eigenvalue weighted by molar-refractivity contribution is -0.384. The second kappa shape index (κ2) is 7.32. The number of fused-ring (bicyclic) bond motifs is 1. The number of aromatic nitrogens is 1. The smallest absolute Gasteiger partial charge is 0.269 e. The van der Waals surface area contributed by atoms with Crippen molar-refractivity contribution in [1.82, 2.24) is 9.47 Å². The summed E-state index contributed by atoms with van der Waals surface area (Å²) in [5.41, 5.74) is 2.63. The van der Waals surface area contributed by atoms with Crippen molar-refractivity contribution in [3.8, 4) is 0 Å². The molecule has 1 atom stereocenters. The first-order chi connectivity index (χ1) is 13.1. The summed E-state index contributed by atoms with van der Waals surface area (Å²) in [4.78, 5) is 13.1. The summed E-state index contributed by atoms with van der Waals surface area (Å²) in [7, 11) is 0. The molecule has 1 aliphatic heterocycles. The fraction of sp³-hybridized carbons (Fsp3) is 0.238. The highest BCUT2D eigenvalue weighted by Gasteiger charge is 2.28. The maximum absolute atomic E-state index is 14.3. The minimum absolute atomic E-state index is 0.0701. The number of nitro benzene ring substituents is 1. The third-order valence-corrected chi connectivity index (χ3v) is 5.08. The first kappa shape index (κ1) is 17.4. The molecule has 0 N–H and O–H groups in total. The van der Waals surface area contributed by atoms with Gasteiger partial charge in [0.15, 0.2) is 0 Å². The van der Waals surface area contributed by atoms with Gasteiger partial charge in [-0.05, 0) is 30.2 Å². The van der Waals surface area contributed by atoms with Gasteiger partial charge in [-0.2, -0.15) is 0 Å². The zero-order chi connectivity index (χ0) is 18.8. The molecule has 27 heavy (non-hydrogen) atoms. The molecule has 0 unspecified atom stereocenters. The van der Waals surface area contributed by atoms with Crippen molar-refractivity contribution < 1.29 is 9.31 Å². The van der Waals surface area contributed by atoms with E-state index in [0.29, 0.717) is 12.1 Å². The third kappa shape index (κ3) is 3.48. The lowest BCUT2D eigenvalue weighted by atomic mass is 10.0. The SMILES string of the molecule is O=[N+]([O-])c1cccc([C@@H]2c3cccn3CCCN2Cc2ccccc2F)c1. The number of nitro groups is 1. The van der Waals surface area contributed by atoms with Crippen LogP contribution in [0.25, 0.3) is 0 Å². The van der Waals surface area contributed by atoms with Gasteiger partial charge < -0.3 is 4.57 Å². The van der Waals surface area contributed by atoms with Gasteiger partial charge in [0.2, 0.25) is 0 Å². The highest BCUT2D eigenvalue weighted by atomic mass is 19.1. The summed E-state index contributed by atoms with van der Waals surface area (Å²) in [6.45, 7) is 2.11. The van der Waals surface area contributed by atoms with Crippen LogP contribution in [-0.4, -0.2) is 20.9 Å². The molecule has 0 bridgehead atoms. The molecule has 0 radical (unpaired) electrons. The summed E-state index contributed by atoms with van der Waals surface area (Å²) in [5, 5.41) is 11.3. The van der Waals surface area contributed by atoms with E-state index in [0.717, 1.165) is 30.8 Å². The van der Waals surface area contributed by atoms with Crippen LogP contribution in [-0.2, 0) is 13.1 Å².